The molecule has 8 heteroatoms. The lowest BCUT2D eigenvalue weighted by Gasteiger charge is -2.28. The van der Waals surface area contributed by atoms with Crippen LogP contribution in [-0.2, 0) is 14.3 Å². The number of anilines is 2. The molecule has 0 bridgehead atoms. The van der Waals surface area contributed by atoms with E-state index in [4.69, 9.17) is 9.47 Å². The Labute approximate surface area is 178 Å². The highest BCUT2D eigenvalue weighted by Gasteiger charge is 2.25. The van der Waals surface area contributed by atoms with Crippen LogP contribution in [0.15, 0.2) is 18.2 Å². The van der Waals surface area contributed by atoms with Crippen LogP contribution in [0.4, 0.5) is 11.4 Å². The van der Waals surface area contributed by atoms with Crippen molar-refractivity contribution in [2.75, 3.05) is 56.2 Å². The number of ether oxygens (including phenoxy) is 2. The van der Waals surface area contributed by atoms with Gasteiger partial charge in [0, 0.05) is 64.6 Å². The number of carboxylic acid groups (broad SMARTS) is 1. The summed E-state index contributed by atoms with van der Waals surface area (Å²) in [6.07, 6.45) is 2.61. The number of carbonyl (C=O) groups is 2. The maximum atomic E-state index is 11.7. The zero-order chi connectivity index (χ0) is 21.5. The van der Waals surface area contributed by atoms with Gasteiger partial charge in [0.05, 0.1) is 11.3 Å². The molecule has 2 heterocycles. The number of hydrogen-bond acceptors (Lipinski definition) is 7. The second-order valence-corrected chi connectivity index (χ2v) is 7.97. The first kappa shape index (κ1) is 22.4. The molecule has 166 valence electrons. The molecule has 0 aromatic heterocycles. The number of nitrogens with zero attached hydrogens (tertiary/aromatic N) is 2. The van der Waals surface area contributed by atoms with Crippen molar-refractivity contribution in [2.45, 2.75) is 45.3 Å². The molecule has 1 aromatic rings. The Morgan fingerprint density at radius 2 is 2.07 bits per heavy atom. The minimum Gasteiger partial charge on any atom is -0.478 e. The first-order chi connectivity index (χ1) is 14.5. The third-order valence-corrected chi connectivity index (χ3v) is 5.81. The van der Waals surface area contributed by atoms with Crippen molar-refractivity contribution in [2.24, 2.45) is 0 Å². The number of rotatable bonds is 9. The van der Waals surface area contributed by atoms with Crippen LogP contribution in [0, 0.1) is 0 Å². The van der Waals surface area contributed by atoms with Crippen molar-refractivity contribution >= 4 is 23.3 Å². The third-order valence-electron chi connectivity index (χ3n) is 5.81. The van der Waals surface area contributed by atoms with Crippen LogP contribution >= 0.6 is 0 Å². The molecule has 30 heavy (non-hydrogen) atoms. The van der Waals surface area contributed by atoms with Crippen molar-refractivity contribution in [3.05, 3.63) is 23.8 Å². The van der Waals surface area contributed by atoms with E-state index < -0.39 is 5.97 Å². The van der Waals surface area contributed by atoms with Gasteiger partial charge >= 0.3 is 11.9 Å². The zero-order valence-corrected chi connectivity index (χ0v) is 17.9. The SMILES string of the molecule is CCN(CCN1CCC(OC(C)=O)C1)c1ccc(C(=O)O)c(NC2CCOCC2)c1. The first-order valence-corrected chi connectivity index (χ1v) is 10.8. The molecule has 1 aromatic carbocycles. The van der Waals surface area contributed by atoms with Crippen molar-refractivity contribution in [3.8, 4) is 0 Å². The molecule has 2 saturated heterocycles. The number of aromatic carboxylic acids is 1. The van der Waals surface area contributed by atoms with E-state index in [1.807, 2.05) is 12.1 Å². The fraction of sp³-hybridized carbons (Fsp3) is 0.636. The quantitative estimate of drug-likeness (QED) is 0.590. The lowest BCUT2D eigenvalue weighted by molar-refractivity contribution is -0.145. The van der Waals surface area contributed by atoms with E-state index in [1.54, 1.807) is 6.07 Å². The van der Waals surface area contributed by atoms with Crippen LogP contribution in [0.25, 0.3) is 0 Å². The van der Waals surface area contributed by atoms with Gasteiger partial charge in [-0.25, -0.2) is 4.79 Å². The summed E-state index contributed by atoms with van der Waals surface area (Å²) in [7, 11) is 0. The number of likely N-dealkylation sites (N-methyl/N-ethyl adjacent to an activating group) is 1. The van der Waals surface area contributed by atoms with Gasteiger partial charge in [-0.2, -0.15) is 0 Å². The van der Waals surface area contributed by atoms with E-state index in [0.29, 0.717) is 24.5 Å². The molecule has 8 nitrogen and oxygen atoms in total. The Hall–Kier alpha value is -2.32. The molecule has 0 aliphatic carbocycles. The summed E-state index contributed by atoms with van der Waals surface area (Å²) in [5, 5.41) is 13.0. The standard InChI is InChI=1S/C22H33N3O5/c1-3-25(11-10-24-9-6-19(15-24)30-16(2)26)18-4-5-20(22(27)28)21(14-18)23-17-7-12-29-13-8-17/h4-5,14,17,19,23H,3,6-13,15H2,1-2H3,(H,27,28). The summed E-state index contributed by atoms with van der Waals surface area (Å²) < 4.78 is 10.7. The number of likely N-dealkylation sites (tertiary alicyclic amines) is 1. The molecule has 0 amide bonds. The van der Waals surface area contributed by atoms with Gasteiger partial charge in [0.1, 0.15) is 6.10 Å². The Morgan fingerprint density at radius 3 is 2.73 bits per heavy atom. The molecule has 1 unspecified atom stereocenters. The summed E-state index contributed by atoms with van der Waals surface area (Å²) >= 11 is 0. The lowest BCUT2D eigenvalue weighted by Crippen LogP contribution is -2.35. The molecule has 1 atom stereocenters. The Morgan fingerprint density at radius 1 is 1.30 bits per heavy atom. The number of benzene rings is 1. The number of nitrogens with one attached hydrogen (secondary N) is 1. The minimum atomic E-state index is -0.923. The van der Waals surface area contributed by atoms with Gasteiger partial charge in [0.2, 0.25) is 0 Å². The summed E-state index contributed by atoms with van der Waals surface area (Å²) in [4.78, 5) is 27.4. The summed E-state index contributed by atoms with van der Waals surface area (Å²) in [6, 6.07) is 5.75. The number of carboxylic acids is 1. The van der Waals surface area contributed by atoms with Gasteiger partial charge in [0.25, 0.3) is 0 Å². The van der Waals surface area contributed by atoms with Crippen molar-refractivity contribution in [3.63, 3.8) is 0 Å². The fourth-order valence-electron chi connectivity index (χ4n) is 4.16. The van der Waals surface area contributed by atoms with E-state index in [0.717, 1.165) is 57.7 Å². The number of esters is 1. The summed E-state index contributed by atoms with van der Waals surface area (Å²) in [5.41, 5.74) is 1.97. The number of carbonyl (C=O) groups excluding carboxylic acids is 1. The van der Waals surface area contributed by atoms with E-state index in [9.17, 15) is 14.7 Å². The van der Waals surface area contributed by atoms with Gasteiger partial charge in [-0.1, -0.05) is 0 Å². The Bertz CT molecular complexity index is 735. The largest absolute Gasteiger partial charge is 0.478 e. The van der Waals surface area contributed by atoms with Gasteiger partial charge < -0.3 is 24.8 Å². The summed E-state index contributed by atoms with van der Waals surface area (Å²) in [6.45, 7) is 9.16. The van der Waals surface area contributed by atoms with Gasteiger partial charge in [-0.15, -0.1) is 0 Å². The zero-order valence-electron chi connectivity index (χ0n) is 17.9. The second kappa shape index (κ2) is 10.6. The van der Waals surface area contributed by atoms with Crippen LogP contribution in [0.2, 0.25) is 0 Å². The predicted octanol–water partition coefficient (Wildman–Crippen LogP) is 2.44. The van der Waals surface area contributed by atoms with Gasteiger partial charge in [0.15, 0.2) is 0 Å². The normalized spacial score (nSPS) is 20.1. The highest BCUT2D eigenvalue weighted by atomic mass is 16.5. The molecule has 0 spiro atoms. The lowest BCUT2D eigenvalue weighted by atomic mass is 10.1. The molecule has 2 N–H and O–H groups in total. The highest BCUT2D eigenvalue weighted by molar-refractivity contribution is 5.95. The highest BCUT2D eigenvalue weighted by Crippen LogP contribution is 2.26. The van der Waals surface area contributed by atoms with E-state index in [2.05, 4.69) is 22.0 Å². The summed E-state index contributed by atoms with van der Waals surface area (Å²) in [5.74, 6) is -1.15. The van der Waals surface area contributed by atoms with Crippen molar-refractivity contribution < 1.29 is 24.2 Å². The van der Waals surface area contributed by atoms with Crippen LogP contribution in [0.3, 0.4) is 0 Å². The molecule has 2 fully saturated rings. The maximum absolute atomic E-state index is 11.7. The molecule has 0 radical (unpaired) electrons. The molecular formula is C22H33N3O5. The van der Waals surface area contributed by atoms with Crippen LogP contribution in [0.1, 0.15) is 43.5 Å². The van der Waals surface area contributed by atoms with Gasteiger partial charge in [-0.05, 0) is 44.4 Å². The topological polar surface area (TPSA) is 91.3 Å². The average Bonchev–Trinajstić information content (AvgIpc) is 3.15. The molecule has 2 aliphatic rings. The van der Waals surface area contributed by atoms with Crippen LogP contribution < -0.4 is 10.2 Å². The smallest absolute Gasteiger partial charge is 0.337 e. The maximum Gasteiger partial charge on any atom is 0.337 e. The van der Waals surface area contributed by atoms with E-state index in [-0.39, 0.29) is 18.1 Å². The monoisotopic (exact) mass is 419 g/mol. The van der Waals surface area contributed by atoms with Crippen molar-refractivity contribution in [1.29, 1.82) is 0 Å². The third kappa shape index (κ3) is 6.09. The Balaban J connectivity index is 1.64. The van der Waals surface area contributed by atoms with Gasteiger partial charge in [-0.3, -0.25) is 9.69 Å². The Kier molecular flexibility index (Phi) is 7.93. The molecular weight excluding hydrogens is 386 g/mol. The number of hydrogen-bond donors (Lipinski definition) is 2. The van der Waals surface area contributed by atoms with Crippen LogP contribution in [0.5, 0.6) is 0 Å². The van der Waals surface area contributed by atoms with E-state index in [1.165, 1.54) is 6.92 Å². The predicted molar refractivity (Wildman–Crippen MR) is 115 cm³/mol. The molecule has 2 aliphatic heterocycles. The fourth-order valence-corrected chi connectivity index (χ4v) is 4.16. The van der Waals surface area contributed by atoms with Crippen LogP contribution in [-0.4, -0.2) is 80.0 Å². The first-order valence-electron chi connectivity index (χ1n) is 10.8. The second-order valence-electron chi connectivity index (χ2n) is 7.97. The average molecular weight is 420 g/mol. The molecule has 3 rings (SSSR count). The minimum absolute atomic E-state index is 0.0114. The van der Waals surface area contributed by atoms with E-state index >= 15 is 0 Å². The van der Waals surface area contributed by atoms with Crippen molar-refractivity contribution in [1.82, 2.24) is 4.90 Å². The molecule has 0 saturated carbocycles.